The van der Waals surface area contributed by atoms with Gasteiger partial charge in [-0.15, -0.1) is 0 Å². The molecule has 0 unspecified atom stereocenters. The second-order valence-corrected chi connectivity index (χ2v) is 6.06. The lowest BCUT2D eigenvalue weighted by atomic mass is 9.86. The van der Waals surface area contributed by atoms with Gasteiger partial charge in [-0.25, -0.2) is 0 Å². The monoisotopic (exact) mass is 270 g/mol. The summed E-state index contributed by atoms with van der Waals surface area (Å²) < 4.78 is 0. The zero-order valence-corrected chi connectivity index (χ0v) is 12.2. The molecule has 0 bridgehead atoms. The number of amides is 1. The zero-order valence-electron chi connectivity index (χ0n) is 12.2. The van der Waals surface area contributed by atoms with Crippen molar-refractivity contribution in [3.05, 3.63) is 35.5 Å². The highest BCUT2D eigenvalue weighted by Gasteiger charge is 2.23. The maximum Gasteiger partial charge on any atom is 0.267 e. The molecule has 1 aromatic carbocycles. The number of hydrogen-bond acceptors (Lipinski definition) is 1. The Labute approximate surface area is 119 Å². The highest BCUT2D eigenvalue weighted by Crippen LogP contribution is 2.24. The van der Waals surface area contributed by atoms with Crippen molar-refractivity contribution in [2.24, 2.45) is 5.92 Å². The highest BCUT2D eigenvalue weighted by molar-refractivity contribution is 5.98. The van der Waals surface area contributed by atoms with Crippen molar-refractivity contribution in [1.82, 2.24) is 10.3 Å². The van der Waals surface area contributed by atoms with E-state index in [0.717, 1.165) is 17.3 Å². The number of H-pyrrole nitrogens is 1. The molecule has 1 heterocycles. The van der Waals surface area contributed by atoms with Crippen LogP contribution in [0.2, 0.25) is 0 Å². The standard InChI is InChI=1S/C17H22N2O/c1-11-7-5-9-15-13(11)10-16(18-15)17(20)19-14-8-4-3-6-12(14)2/h5,7,9-10,12,14,18H,3-4,6,8H2,1-2H3,(H,19,20)/t12-,14+/m0/s1. The first-order valence-electron chi connectivity index (χ1n) is 7.54. The smallest absolute Gasteiger partial charge is 0.267 e. The first-order valence-corrected chi connectivity index (χ1v) is 7.54. The summed E-state index contributed by atoms with van der Waals surface area (Å²) in [6, 6.07) is 8.39. The molecule has 3 heteroatoms. The second-order valence-electron chi connectivity index (χ2n) is 6.06. The van der Waals surface area contributed by atoms with Crippen molar-refractivity contribution in [1.29, 1.82) is 0 Å². The summed E-state index contributed by atoms with van der Waals surface area (Å²) in [4.78, 5) is 15.6. The van der Waals surface area contributed by atoms with Crippen LogP contribution in [0.3, 0.4) is 0 Å². The Hall–Kier alpha value is -1.77. The van der Waals surface area contributed by atoms with Crippen molar-refractivity contribution in [2.45, 2.75) is 45.6 Å². The van der Waals surface area contributed by atoms with E-state index in [4.69, 9.17) is 0 Å². The van der Waals surface area contributed by atoms with Gasteiger partial charge >= 0.3 is 0 Å². The maximum atomic E-state index is 12.4. The lowest BCUT2D eigenvalue weighted by molar-refractivity contribution is 0.0906. The predicted molar refractivity (Wildman–Crippen MR) is 81.9 cm³/mol. The van der Waals surface area contributed by atoms with Gasteiger partial charge in [0.2, 0.25) is 0 Å². The van der Waals surface area contributed by atoms with Crippen molar-refractivity contribution in [3.63, 3.8) is 0 Å². The molecule has 2 atom stereocenters. The van der Waals surface area contributed by atoms with Gasteiger partial charge in [0, 0.05) is 16.9 Å². The summed E-state index contributed by atoms with van der Waals surface area (Å²) in [6.45, 7) is 4.31. The van der Waals surface area contributed by atoms with E-state index < -0.39 is 0 Å². The molecule has 1 amide bonds. The van der Waals surface area contributed by atoms with Crippen molar-refractivity contribution in [2.75, 3.05) is 0 Å². The fraction of sp³-hybridized carbons (Fsp3) is 0.471. The molecule has 1 aliphatic rings. The van der Waals surface area contributed by atoms with E-state index in [2.05, 4.69) is 30.2 Å². The lowest BCUT2D eigenvalue weighted by Gasteiger charge is -2.29. The van der Waals surface area contributed by atoms with Crippen LogP contribution in [-0.2, 0) is 0 Å². The summed E-state index contributed by atoms with van der Waals surface area (Å²) in [6.07, 6.45) is 4.84. The summed E-state index contributed by atoms with van der Waals surface area (Å²) >= 11 is 0. The Kier molecular flexibility index (Phi) is 3.51. The number of rotatable bonds is 2. The van der Waals surface area contributed by atoms with E-state index in [1.54, 1.807) is 0 Å². The van der Waals surface area contributed by atoms with Crippen molar-refractivity contribution < 1.29 is 4.79 Å². The lowest BCUT2D eigenvalue weighted by Crippen LogP contribution is -2.41. The van der Waals surface area contributed by atoms with Gasteiger partial charge in [0.25, 0.3) is 5.91 Å². The van der Waals surface area contributed by atoms with Crippen LogP contribution in [0.5, 0.6) is 0 Å². The van der Waals surface area contributed by atoms with Gasteiger partial charge in [0.15, 0.2) is 0 Å². The van der Waals surface area contributed by atoms with Crippen LogP contribution in [0.1, 0.15) is 48.7 Å². The number of nitrogens with one attached hydrogen (secondary N) is 2. The Morgan fingerprint density at radius 2 is 2.10 bits per heavy atom. The number of aromatic nitrogens is 1. The number of aromatic amines is 1. The normalized spacial score (nSPS) is 22.9. The van der Waals surface area contributed by atoms with E-state index in [9.17, 15) is 4.79 Å². The van der Waals surface area contributed by atoms with Gasteiger partial charge in [-0.2, -0.15) is 0 Å². The molecule has 1 fully saturated rings. The molecule has 3 rings (SSSR count). The maximum absolute atomic E-state index is 12.4. The predicted octanol–water partition coefficient (Wildman–Crippen LogP) is 3.78. The summed E-state index contributed by atoms with van der Waals surface area (Å²) in [5.74, 6) is 0.609. The van der Waals surface area contributed by atoms with E-state index in [0.29, 0.717) is 17.7 Å². The van der Waals surface area contributed by atoms with Gasteiger partial charge < -0.3 is 10.3 Å². The fourth-order valence-corrected chi connectivity index (χ4v) is 3.21. The third kappa shape index (κ3) is 2.45. The minimum atomic E-state index is 0.0272. The number of carbonyl (C=O) groups excluding carboxylic acids is 1. The molecule has 0 aliphatic heterocycles. The summed E-state index contributed by atoms with van der Waals surface area (Å²) in [7, 11) is 0. The molecular formula is C17H22N2O. The number of carbonyl (C=O) groups is 1. The van der Waals surface area contributed by atoms with Crippen LogP contribution >= 0.6 is 0 Å². The average Bonchev–Trinajstić information content (AvgIpc) is 2.87. The molecule has 3 nitrogen and oxygen atoms in total. The third-order valence-electron chi connectivity index (χ3n) is 4.55. The topological polar surface area (TPSA) is 44.9 Å². The molecular weight excluding hydrogens is 248 g/mol. The number of benzene rings is 1. The minimum absolute atomic E-state index is 0.0272. The van der Waals surface area contributed by atoms with Crippen LogP contribution in [0.25, 0.3) is 10.9 Å². The Bertz CT molecular complexity index is 629. The van der Waals surface area contributed by atoms with Crippen LogP contribution in [-0.4, -0.2) is 16.9 Å². The number of fused-ring (bicyclic) bond motifs is 1. The van der Waals surface area contributed by atoms with Gasteiger partial charge in [-0.1, -0.05) is 31.9 Å². The third-order valence-corrected chi connectivity index (χ3v) is 4.55. The van der Waals surface area contributed by atoms with Gasteiger partial charge in [0.05, 0.1) is 0 Å². The SMILES string of the molecule is Cc1cccc2[nH]c(C(=O)N[C@@H]3CCCC[C@@H]3C)cc12. The largest absolute Gasteiger partial charge is 0.351 e. The fourth-order valence-electron chi connectivity index (χ4n) is 3.21. The second kappa shape index (κ2) is 5.31. The molecule has 0 saturated heterocycles. The van der Waals surface area contributed by atoms with Crippen LogP contribution in [0, 0.1) is 12.8 Å². The van der Waals surface area contributed by atoms with Crippen molar-refractivity contribution >= 4 is 16.8 Å². The Morgan fingerprint density at radius 3 is 2.85 bits per heavy atom. The molecule has 2 N–H and O–H groups in total. The van der Waals surface area contributed by atoms with Crippen molar-refractivity contribution in [3.8, 4) is 0 Å². The summed E-state index contributed by atoms with van der Waals surface area (Å²) in [5, 5.41) is 4.33. The zero-order chi connectivity index (χ0) is 14.1. The van der Waals surface area contributed by atoms with Crippen LogP contribution in [0.4, 0.5) is 0 Å². The molecule has 0 spiro atoms. The molecule has 20 heavy (non-hydrogen) atoms. The molecule has 1 aliphatic carbocycles. The highest BCUT2D eigenvalue weighted by atomic mass is 16.1. The summed E-state index contributed by atoms with van der Waals surface area (Å²) in [5.41, 5.74) is 2.91. The van der Waals surface area contributed by atoms with E-state index >= 15 is 0 Å². The number of hydrogen-bond donors (Lipinski definition) is 2. The Balaban J connectivity index is 1.80. The molecule has 0 radical (unpaired) electrons. The van der Waals surface area contributed by atoms with Crippen LogP contribution < -0.4 is 5.32 Å². The van der Waals surface area contributed by atoms with Gasteiger partial charge in [0.1, 0.15) is 5.69 Å². The molecule has 1 aromatic heterocycles. The minimum Gasteiger partial charge on any atom is -0.351 e. The first kappa shape index (κ1) is 13.2. The number of aryl methyl sites for hydroxylation is 1. The van der Waals surface area contributed by atoms with Crippen LogP contribution in [0.15, 0.2) is 24.3 Å². The molecule has 106 valence electrons. The van der Waals surface area contributed by atoms with Gasteiger partial charge in [-0.3, -0.25) is 4.79 Å². The quantitative estimate of drug-likeness (QED) is 0.857. The average molecular weight is 270 g/mol. The van der Waals surface area contributed by atoms with E-state index in [1.165, 1.54) is 24.8 Å². The van der Waals surface area contributed by atoms with Gasteiger partial charge in [-0.05, 0) is 43.4 Å². The first-order chi connectivity index (χ1) is 9.65. The van der Waals surface area contributed by atoms with E-state index in [-0.39, 0.29) is 5.91 Å². The molecule has 2 aromatic rings. The Morgan fingerprint density at radius 1 is 1.30 bits per heavy atom. The van der Waals surface area contributed by atoms with E-state index in [1.807, 2.05) is 18.2 Å². The molecule has 1 saturated carbocycles.